The van der Waals surface area contributed by atoms with Crippen molar-refractivity contribution in [1.29, 1.82) is 0 Å². The van der Waals surface area contributed by atoms with Crippen LogP contribution < -0.4 is 9.64 Å². The number of aliphatic hydroxyl groups excluding tert-OH is 1. The van der Waals surface area contributed by atoms with Crippen molar-refractivity contribution in [3.63, 3.8) is 0 Å². The number of ether oxygens (including phenoxy) is 2. The monoisotopic (exact) mass is 277 g/mol. The van der Waals surface area contributed by atoms with Gasteiger partial charge in [-0.15, -0.1) is 0 Å². The first-order chi connectivity index (χ1) is 9.83. The van der Waals surface area contributed by atoms with Crippen LogP contribution in [-0.2, 0) is 4.74 Å². The van der Waals surface area contributed by atoms with Gasteiger partial charge in [0.2, 0.25) is 0 Å². The second-order valence-corrected chi connectivity index (χ2v) is 5.86. The number of fused-ring (bicyclic) bond motifs is 1. The lowest BCUT2D eigenvalue weighted by molar-refractivity contribution is -0.0117. The predicted octanol–water partition coefficient (Wildman–Crippen LogP) is 2.06. The van der Waals surface area contributed by atoms with Gasteiger partial charge in [-0.1, -0.05) is 12.1 Å². The molecule has 0 radical (unpaired) electrons. The molecule has 110 valence electrons. The summed E-state index contributed by atoms with van der Waals surface area (Å²) in [5.74, 6) is 0.963. The molecule has 0 amide bonds. The van der Waals surface area contributed by atoms with Crippen molar-refractivity contribution in [3.8, 4) is 5.75 Å². The molecule has 1 aromatic rings. The molecule has 4 nitrogen and oxygen atoms in total. The topological polar surface area (TPSA) is 41.9 Å². The maximum absolute atomic E-state index is 9.88. The summed E-state index contributed by atoms with van der Waals surface area (Å²) in [6.45, 7) is 4.38. The average molecular weight is 277 g/mol. The molecule has 4 heteroatoms. The van der Waals surface area contributed by atoms with E-state index in [-0.39, 0.29) is 12.0 Å². The molecule has 1 N–H and O–H groups in total. The second-order valence-electron chi connectivity index (χ2n) is 5.86. The Labute approximate surface area is 120 Å². The fourth-order valence-corrected chi connectivity index (χ4v) is 3.14. The van der Waals surface area contributed by atoms with E-state index in [0.29, 0.717) is 0 Å². The summed E-state index contributed by atoms with van der Waals surface area (Å²) in [6, 6.07) is 8.21. The Hall–Kier alpha value is -1.26. The molecule has 0 atom stereocenters. The van der Waals surface area contributed by atoms with Gasteiger partial charge in [0.05, 0.1) is 18.9 Å². The van der Waals surface area contributed by atoms with Gasteiger partial charge < -0.3 is 19.5 Å². The first-order valence-electron chi connectivity index (χ1n) is 7.48. The molecule has 0 saturated carbocycles. The third-order valence-corrected chi connectivity index (χ3v) is 4.45. The zero-order valence-corrected chi connectivity index (χ0v) is 11.9. The number of nitrogens with zero attached hydrogens (tertiary/aromatic N) is 1. The minimum absolute atomic E-state index is 0.0320. The molecule has 2 aliphatic rings. The van der Waals surface area contributed by atoms with Crippen molar-refractivity contribution in [2.45, 2.75) is 19.3 Å². The Kier molecular flexibility index (Phi) is 4.13. The third-order valence-electron chi connectivity index (χ3n) is 4.45. The van der Waals surface area contributed by atoms with Crippen LogP contribution in [0.4, 0.5) is 5.69 Å². The van der Waals surface area contributed by atoms with E-state index < -0.39 is 0 Å². The van der Waals surface area contributed by atoms with Crippen LogP contribution >= 0.6 is 0 Å². The van der Waals surface area contributed by atoms with Crippen LogP contribution in [0, 0.1) is 5.41 Å². The van der Waals surface area contributed by atoms with Gasteiger partial charge in [0, 0.05) is 31.7 Å². The summed E-state index contributed by atoms with van der Waals surface area (Å²) in [5, 5.41) is 9.88. The lowest BCUT2D eigenvalue weighted by Crippen LogP contribution is -2.44. The molecule has 0 aromatic heterocycles. The largest absolute Gasteiger partial charge is 0.491 e. The van der Waals surface area contributed by atoms with E-state index in [1.165, 1.54) is 0 Å². The van der Waals surface area contributed by atoms with Gasteiger partial charge in [0.15, 0.2) is 0 Å². The van der Waals surface area contributed by atoms with Gasteiger partial charge >= 0.3 is 0 Å². The van der Waals surface area contributed by atoms with Crippen molar-refractivity contribution in [3.05, 3.63) is 24.3 Å². The fraction of sp³-hybridized carbons (Fsp3) is 0.625. The van der Waals surface area contributed by atoms with Crippen LogP contribution in [0.5, 0.6) is 5.75 Å². The summed E-state index contributed by atoms with van der Waals surface area (Å²) < 4.78 is 11.3. The van der Waals surface area contributed by atoms with Gasteiger partial charge in [-0.25, -0.2) is 0 Å². The van der Waals surface area contributed by atoms with Crippen molar-refractivity contribution in [2.75, 3.05) is 44.4 Å². The number of rotatable bonds is 3. The van der Waals surface area contributed by atoms with Crippen molar-refractivity contribution in [1.82, 2.24) is 0 Å². The first-order valence-corrected chi connectivity index (χ1v) is 7.48. The molecule has 0 unspecified atom stereocenters. The molecule has 20 heavy (non-hydrogen) atoms. The number of anilines is 1. The molecule has 0 bridgehead atoms. The zero-order chi connectivity index (χ0) is 13.8. The maximum Gasteiger partial charge on any atom is 0.142 e. The molecule has 1 fully saturated rings. The van der Waals surface area contributed by atoms with E-state index in [1.54, 1.807) is 0 Å². The summed E-state index contributed by atoms with van der Waals surface area (Å²) in [4.78, 5) is 2.38. The van der Waals surface area contributed by atoms with E-state index >= 15 is 0 Å². The number of para-hydroxylation sites is 2. The van der Waals surface area contributed by atoms with Gasteiger partial charge in [-0.2, -0.15) is 0 Å². The second kappa shape index (κ2) is 6.02. The Morgan fingerprint density at radius 2 is 1.95 bits per heavy atom. The van der Waals surface area contributed by atoms with Crippen molar-refractivity contribution in [2.24, 2.45) is 5.41 Å². The van der Waals surface area contributed by atoms with E-state index in [9.17, 15) is 5.11 Å². The molecule has 1 saturated heterocycles. The van der Waals surface area contributed by atoms with Gasteiger partial charge in [0.1, 0.15) is 5.75 Å². The number of hydrogen-bond donors (Lipinski definition) is 1. The quantitative estimate of drug-likeness (QED) is 0.918. The Bertz CT molecular complexity index is 443. The minimum atomic E-state index is -0.0320. The van der Waals surface area contributed by atoms with E-state index in [1.807, 2.05) is 12.1 Å². The van der Waals surface area contributed by atoms with Crippen molar-refractivity contribution < 1.29 is 14.6 Å². The molecule has 2 heterocycles. The number of hydrogen-bond acceptors (Lipinski definition) is 4. The molecule has 0 aliphatic carbocycles. The number of benzene rings is 1. The molecule has 2 aliphatic heterocycles. The molecular weight excluding hydrogens is 254 g/mol. The standard InChI is InChI=1S/C16H23NO3/c18-13-16(6-10-19-11-7-16)12-17-8-3-9-20-15-5-2-1-4-14(15)17/h1-2,4-5,18H,3,6-13H2. The van der Waals surface area contributed by atoms with Crippen LogP contribution in [0.3, 0.4) is 0 Å². The summed E-state index contributed by atoms with van der Waals surface area (Å²) >= 11 is 0. The highest BCUT2D eigenvalue weighted by atomic mass is 16.5. The summed E-state index contributed by atoms with van der Waals surface area (Å²) in [6.07, 6.45) is 2.89. The van der Waals surface area contributed by atoms with Crippen LogP contribution in [0.25, 0.3) is 0 Å². The zero-order valence-electron chi connectivity index (χ0n) is 11.9. The van der Waals surface area contributed by atoms with Gasteiger partial charge in [-0.3, -0.25) is 0 Å². The first kappa shape index (κ1) is 13.7. The highest BCUT2D eigenvalue weighted by Crippen LogP contribution is 2.36. The molecule has 3 rings (SSSR count). The predicted molar refractivity (Wildman–Crippen MR) is 78.3 cm³/mol. The summed E-state index contributed by atoms with van der Waals surface area (Å²) in [7, 11) is 0. The third kappa shape index (κ3) is 2.76. The summed E-state index contributed by atoms with van der Waals surface area (Å²) in [5.41, 5.74) is 1.12. The smallest absolute Gasteiger partial charge is 0.142 e. The lowest BCUT2D eigenvalue weighted by Gasteiger charge is -2.40. The average Bonchev–Trinajstić information content (AvgIpc) is 2.71. The molecule has 1 aromatic carbocycles. The van der Waals surface area contributed by atoms with Gasteiger partial charge in [-0.05, 0) is 31.4 Å². The fourth-order valence-electron chi connectivity index (χ4n) is 3.14. The highest BCUT2D eigenvalue weighted by molar-refractivity contribution is 5.59. The molecule has 0 spiro atoms. The Morgan fingerprint density at radius 1 is 1.15 bits per heavy atom. The minimum Gasteiger partial charge on any atom is -0.491 e. The number of aliphatic hydroxyl groups is 1. The van der Waals surface area contributed by atoms with E-state index in [0.717, 1.165) is 63.6 Å². The van der Waals surface area contributed by atoms with E-state index in [2.05, 4.69) is 17.0 Å². The maximum atomic E-state index is 9.88. The van der Waals surface area contributed by atoms with Gasteiger partial charge in [0.25, 0.3) is 0 Å². The van der Waals surface area contributed by atoms with Crippen LogP contribution in [0.1, 0.15) is 19.3 Å². The molecular formula is C16H23NO3. The van der Waals surface area contributed by atoms with E-state index in [4.69, 9.17) is 9.47 Å². The van der Waals surface area contributed by atoms with Crippen LogP contribution in [0.15, 0.2) is 24.3 Å². The van der Waals surface area contributed by atoms with Crippen LogP contribution in [0.2, 0.25) is 0 Å². The Morgan fingerprint density at radius 3 is 2.75 bits per heavy atom. The van der Waals surface area contributed by atoms with Crippen LogP contribution in [-0.4, -0.2) is 44.6 Å². The normalized spacial score (nSPS) is 21.8. The van der Waals surface area contributed by atoms with Crippen molar-refractivity contribution >= 4 is 5.69 Å². The SMILES string of the molecule is OCC1(CN2CCCOc3ccccc32)CCOCC1. The highest BCUT2D eigenvalue weighted by Gasteiger charge is 2.35. The Balaban J connectivity index is 1.82. The lowest BCUT2D eigenvalue weighted by atomic mass is 9.80.